The van der Waals surface area contributed by atoms with Crippen LogP contribution in [0.2, 0.25) is 10.0 Å². The summed E-state index contributed by atoms with van der Waals surface area (Å²) in [5.74, 6) is 0. The highest BCUT2D eigenvalue weighted by molar-refractivity contribution is 6.35. The van der Waals surface area contributed by atoms with Gasteiger partial charge in [-0.3, -0.25) is 0 Å². The van der Waals surface area contributed by atoms with Crippen LogP contribution >= 0.6 is 23.2 Å². The number of nitrogens with one attached hydrogen (secondary N) is 1. The van der Waals surface area contributed by atoms with Crippen LogP contribution in [0, 0.1) is 0 Å². The minimum atomic E-state index is -0.511. The lowest BCUT2D eigenvalue weighted by Gasteiger charge is -2.18. The van der Waals surface area contributed by atoms with Gasteiger partial charge in [0.05, 0.1) is 13.2 Å². The molecule has 0 aliphatic carbocycles. The van der Waals surface area contributed by atoms with Gasteiger partial charge in [-0.2, -0.15) is 0 Å². The normalized spacial score (nSPS) is 11.7. The molecule has 0 fully saturated rings. The fourth-order valence-corrected chi connectivity index (χ4v) is 1.96. The molecule has 0 bridgehead atoms. The van der Waals surface area contributed by atoms with E-state index in [0.29, 0.717) is 16.5 Å². The topological polar surface area (TPSA) is 38.3 Å². The molecule has 17 heavy (non-hydrogen) atoms. The summed E-state index contributed by atoms with van der Waals surface area (Å²) in [6.45, 7) is 3.65. The van der Waals surface area contributed by atoms with Crippen molar-refractivity contribution < 1.29 is 9.53 Å². The maximum atomic E-state index is 11.2. The molecule has 5 heteroatoms. The molecule has 1 aromatic carbocycles. The summed E-state index contributed by atoms with van der Waals surface area (Å²) in [6.07, 6.45) is 1.74. The second-order valence-electron chi connectivity index (χ2n) is 3.38. The predicted molar refractivity (Wildman–Crippen MR) is 69.6 cm³/mol. The van der Waals surface area contributed by atoms with Crippen molar-refractivity contribution in [2.75, 3.05) is 7.11 Å². The molecule has 0 saturated heterocycles. The van der Waals surface area contributed by atoms with Gasteiger partial charge in [0.25, 0.3) is 0 Å². The first-order chi connectivity index (χ1) is 8.08. The number of methoxy groups -OCH3 is 1. The number of benzene rings is 1. The molecule has 0 aliphatic rings. The zero-order valence-electron chi connectivity index (χ0n) is 9.37. The Hall–Kier alpha value is -1.19. The summed E-state index contributed by atoms with van der Waals surface area (Å²) in [6, 6.07) is 4.85. The van der Waals surface area contributed by atoms with Gasteiger partial charge in [-0.25, -0.2) is 4.79 Å². The van der Waals surface area contributed by atoms with Crippen LogP contribution in [0.25, 0.3) is 0 Å². The van der Waals surface area contributed by atoms with Gasteiger partial charge >= 0.3 is 6.09 Å². The third-order valence-electron chi connectivity index (χ3n) is 2.22. The molecule has 0 saturated carbocycles. The number of hydrogen-bond donors (Lipinski definition) is 1. The molecule has 0 radical (unpaired) electrons. The van der Waals surface area contributed by atoms with Crippen LogP contribution < -0.4 is 5.32 Å². The Bertz CT molecular complexity index is 421. The fraction of sp³-hybridized carbons (Fsp3) is 0.250. The molecule has 1 amide bonds. The van der Waals surface area contributed by atoms with Crippen LogP contribution in [-0.2, 0) is 4.74 Å². The summed E-state index contributed by atoms with van der Waals surface area (Å²) < 4.78 is 4.56. The minimum absolute atomic E-state index is 0.273. The van der Waals surface area contributed by atoms with Crippen molar-refractivity contribution in [2.45, 2.75) is 12.5 Å². The molecule has 1 unspecified atom stereocenters. The van der Waals surface area contributed by atoms with E-state index in [1.807, 2.05) is 0 Å². The van der Waals surface area contributed by atoms with Gasteiger partial charge in [-0.15, -0.1) is 6.58 Å². The van der Waals surface area contributed by atoms with E-state index >= 15 is 0 Å². The number of alkyl carbamates (subject to hydrolysis) is 1. The molecule has 1 rings (SSSR count). The predicted octanol–water partition coefficient (Wildman–Crippen LogP) is 3.97. The van der Waals surface area contributed by atoms with Crippen molar-refractivity contribution in [3.63, 3.8) is 0 Å². The number of rotatable bonds is 4. The van der Waals surface area contributed by atoms with E-state index in [4.69, 9.17) is 23.2 Å². The summed E-state index contributed by atoms with van der Waals surface area (Å²) in [5, 5.41) is 3.74. The van der Waals surface area contributed by atoms with Gasteiger partial charge in [0.1, 0.15) is 0 Å². The summed E-state index contributed by atoms with van der Waals surface area (Å²) in [7, 11) is 1.31. The third kappa shape index (κ3) is 3.95. The van der Waals surface area contributed by atoms with E-state index in [2.05, 4.69) is 16.6 Å². The molecule has 0 spiro atoms. The Morgan fingerprint density at radius 3 is 2.82 bits per heavy atom. The first kappa shape index (κ1) is 13.9. The molecular weight excluding hydrogens is 261 g/mol. The van der Waals surface area contributed by atoms with E-state index in [1.165, 1.54) is 7.11 Å². The Morgan fingerprint density at radius 1 is 1.59 bits per heavy atom. The Kier molecular flexibility index (Phi) is 5.32. The smallest absolute Gasteiger partial charge is 0.407 e. The lowest BCUT2D eigenvalue weighted by atomic mass is 10.0. The van der Waals surface area contributed by atoms with E-state index < -0.39 is 6.09 Å². The Balaban J connectivity index is 2.96. The highest BCUT2D eigenvalue weighted by atomic mass is 35.5. The summed E-state index contributed by atoms with van der Waals surface area (Å²) in [4.78, 5) is 11.2. The molecule has 1 aromatic rings. The monoisotopic (exact) mass is 273 g/mol. The van der Waals surface area contributed by atoms with Crippen LogP contribution in [0.1, 0.15) is 18.0 Å². The molecule has 0 heterocycles. The first-order valence-corrected chi connectivity index (χ1v) is 5.74. The lowest BCUT2D eigenvalue weighted by molar-refractivity contribution is 0.166. The molecular formula is C12H13Cl2NO2. The number of carbonyl (C=O) groups excluding carboxylic acids is 1. The van der Waals surface area contributed by atoms with Crippen LogP contribution in [0.5, 0.6) is 0 Å². The first-order valence-electron chi connectivity index (χ1n) is 4.98. The number of ether oxygens (including phenoxy) is 1. The van der Waals surface area contributed by atoms with Crippen molar-refractivity contribution in [2.24, 2.45) is 0 Å². The largest absolute Gasteiger partial charge is 0.453 e. The SMILES string of the molecule is C=CCC(NC(=O)OC)c1ccc(Cl)cc1Cl. The van der Waals surface area contributed by atoms with Gasteiger partial charge in [-0.1, -0.05) is 35.3 Å². The summed E-state index contributed by atoms with van der Waals surface area (Å²) >= 11 is 11.9. The van der Waals surface area contributed by atoms with Crippen LogP contribution in [-0.4, -0.2) is 13.2 Å². The molecule has 0 aliphatic heterocycles. The van der Waals surface area contributed by atoms with Crippen molar-refractivity contribution >= 4 is 29.3 Å². The van der Waals surface area contributed by atoms with Crippen molar-refractivity contribution in [1.29, 1.82) is 0 Å². The van der Waals surface area contributed by atoms with Gasteiger partial charge in [0.15, 0.2) is 0 Å². The second kappa shape index (κ2) is 6.52. The van der Waals surface area contributed by atoms with Crippen LogP contribution in [0.3, 0.4) is 0 Å². The van der Waals surface area contributed by atoms with Gasteiger partial charge in [-0.05, 0) is 24.1 Å². The number of carbonyl (C=O) groups is 1. The third-order valence-corrected chi connectivity index (χ3v) is 2.78. The summed E-state index contributed by atoms with van der Waals surface area (Å²) in [5.41, 5.74) is 0.779. The Morgan fingerprint density at radius 2 is 2.29 bits per heavy atom. The second-order valence-corrected chi connectivity index (χ2v) is 4.22. The number of hydrogen-bond acceptors (Lipinski definition) is 2. The van der Waals surface area contributed by atoms with Crippen LogP contribution in [0.15, 0.2) is 30.9 Å². The van der Waals surface area contributed by atoms with Gasteiger partial charge in [0, 0.05) is 10.0 Å². The molecule has 0 aromatic heterocycles. The van der Waals surface area contributed by atoms with E-state index in [-0.39, 0.29) is 6.04 Å². The molecule has 3 nitrogen and oxygen atoms in total. The maximum absolute atomic E-state index is 11.2. The van der Waals surface area contributed by atoms with Gasteiger partial charge < -0.3 is 10.1 Å². The molecule has 1 atom stereocenters. The highest BCUT2D eigenvalue weighted by Gasteiger charge is 2.16. The average molecular weight is 274 g/mol. The standard InChI is InChI=1S/C12H13Cl2NO2/c1-3-4-11(15-12(16)17-2)9-6-5-8(13)7-10(9)14/h3,5-7,11H,1,4H2,2H3,(H,15,16). The fourth-order valence-electron chi connectivity index (χ4n) is 1.42. The van der Waals surface area contributed by atoms with Crippen molar-refractivity contribution in [1.82, 2.24) is 5.32 Å². The van der Waals surface area contributed by atoms with Crippen molar-refractivity contribution in [3.8, 4) is 0 Å². The van der Waals surface area contributed by atoms with Crippen LogP contribution in [0.4, 0.5) is 4.79 Å². The maximum Gasteiger partial charge on any atom is 0.407 e. The zero-order chi connectivity index (χ0) is 12.8. The highest BCUT2D eigenvalue weighted by Crippen LogP contribution is 2.28. The average Bonchev–Trinajstić information content (AvgIpc) is 2.28. The Labute approximate surface area is 110 Å². The van der Waals surface area contributed by atoms with E-state index in [0.717, 1.165) is 5.56 Å². The van der Waals surface area contributed by atoms with Gasteiger partial charge in [0.2, 0.25) is 0 Å². The lowest BCUT2D eigenvalue weighted by Crippen LogP contribution is -2.28. The van der Waals surface area contributed by atoms with Crippen molar-refractivity contribution in [3.05, 3.63) is 46.5 Å². The minimum Gasteiger partial charge on any atom is -0.453 e. The number of amides is 1. The zero-order valence-corrected chi connectivity index (χ0v) is 10.9. The van der Waals surface area contributed by atoms with E-state index in [1.54, 1.807) is 24.3 Å². The molecule has 92 valence electrons. The number of halogens is 2. The molecule has 1 N–H and O–H groups in total. The van der Waals surface area contributed by atoms with E-state index in [9.17, 15) is 4.79 Å². The quantitative estimate of drug-likeness (QED) is 0.844.